The van der Waals surface area contributed by atoms with E-state index in [-0.39, 0.29) is 6.79 Å². The molecular formula is C23H27N5O3. The SMILES string of the molecule is c1cc(Nc2cc(-c3ccc4c(c3)OCO4)n[nH]2)ccc1NCCCN1CCOCC1. The summed E-state index contributed by atoms with van der Waals surface area (Å²) in [7, 11) is 0. The van der Waals surface area contributed by atoms with Gasteiger partial charge >= 0.3 is 0 Å². The van der Waals surface area contributed by atoms with Crippen LogP contribution in [0.4, 0.5) is 17.2 Å². The van der Waals surface area contributed by atoms with Crippen LogP contribution in [0.15, 0.2) is 48.5 Å². The van der Waals surface area contributed by atoms with Gasteiger partial charge in [0.1, 0.15) is 5.82 Å². The molecular weight excluding hydrogens is 394 g/mol. The molecule has 0 radical (unpaired) electrons. The molecule has 2 aromatic carbocycles. The summed E-state index contributed by atoms with van der Waals surface area (Å²) in [5.74, 6) is 2.36. The van der Waals surface area contributed by atoms with Crippen LogP contribution < -0.4 is 20.1 Å². The molecule has 2 aliphatic rings. The molecule has 1 aromatic heterocycles. The van der Waals surface area contributed by atoms with Crippen molar-refractivity contribution >= 4 is 17.2 Å². The Hall–Kier alpha value is -3.23. The predicted octanol–water partition coefficient (Wildman–Crippen LogP) is 3.68. The smallest absolute Gasteiger partial charge is 0.231 e. The summed E-state index contributed by atoms with van der Waals surface area (Å²) in [6, 6.07) is 16.1. The van der Waals surface area contributed by atoms with Gasteiger partial charge in [0.15, 0.2) is 11.5 Å². The number of nitrogens with zero attached hydrogens (tertiary/aromatic N) is 2. The number of fused-ring (bicyclic) bond motifs is 1. The first kappa shape index (κ1) is 19.7. The number of aromatic nitrogens is 2. The van der Waals surface area contributed by atoms with Gasteiger partial charge in [0.25, 0.3) is 0 Å². The molecule has 0 aliphatic carbocycles. The summed E-state index contributed by atoms with van der Waals surface area (Å²) in [5.41, 5.74) is 3.95. The Bertz CT molecular complexity index is 999. The second kappa shape index (κ2) is 9.28. The van der Waals surface area contributed by atoms with Gasteiger partial charge in [-0.1, -0.05) is 0 Å². The Morgan fingerprint density at radius 1 is 0.935 bits per heavy atom. The second-order valence-electron chi connectivity index (χ2n) is 7.67. The Labute approximate surface area is 181 Å². The molecule has 1 fully saturated rings. The van der Waals surface area contributed by atoms with E-state index in [0.717, 1.165) is 85.8 Å². The zero-order valence-corrected chi connectivity index (χ0v) is 17.4. The molecule has 0 atom stereocenters. The van der Waals surface area contributed by atoms with Crippen molar-refractivity contribution in [3.8, 4) is 22.8 Å². The Morgan fingerprint density at radius 3 is 2.61 bits per heavy atom. The van der Waals surface area contributed by atoms with E-state index in [9.17, 15) is 0 Å². The fourth-order valence-electron chi connectivity index (χ4n) is 3.78. The van der Waals surface area contributed by atoms with Crippen LogP contribution in [0.25, 0.3) is 11.3 Å². The van der Waals surface area contributed by atoms with Crippen molar-refractivity contribution in [1.82, 2.24) is 15.1 Å². The van der Waals surface area contributed by atoms with Gasteiger partial charge in [0.2, 0.25) is 6.79 Å². The standard InChI is InChI=1S/C23H27N5O3/c1(9-28-10-12-29-13-11-28)8-24-18-3-5-19(6-4-18)25-23-15-20(26-27-23)17-2-7-21-22(14-17)31-16-30-21/h2-7,14-15,24H,1,8-13,16H2,(H2,25,26,27). The lowest BCUT2D eigenvalue weighted by molar-refractivity contribution is 0.0378. The van der Waals surface area contributed by atoms with Crippen LogP contribution in [0.5, 0.6) is 11.5 Å². The number of hydrogen-bond acceptors (Lipinski definition) is 7. The van der Waals surface area contributed by atoms with Crippen molar-refractivity contribution in [2.75, 3.05) is 56.8 Å². The lowest BCUT2D eigenvalue weighted by Crippen LogP contribution is -2.37. The molecule has 5 rings (SSSR count). The molecule has 3 N–H and O–H groups in total. The van der Waals surface area contributed by atoms with Gasteiger partial charge in [0, 0.05) is 42.6 Å². The van der Waals surface area contributed by atoms with E-state index >= 15 is 0 Å². The van der Waals surface area contributed by atoms with Crippen LogP contribution in [-0.2, 0) is 4.74 Å². The van der Waals surface area contributed by atoms with Crippen LogP contribution >= 0.6 is 0 Å². The molecule has 0 spiro atoms. The first-order chi connectivity index (χ1) is 15.3. The van der Waals surface area contributed by atoms with Crippen LogP contribution in [0, 0.1) is 0 Å². The third kappa shape index (κ3) is 4.92. The highest BCUT2D eigenvalue weighted by Crippen LogP contribution is 2.35. The average Bonchev–Trinajstić information content (AvgIpc) is 3.47. The lowest BCUT2D eigenvalue weighted by atomic mass is 10.1. The normalized spacial score (nSPS) is 15.7. The molecule has 0 saturated carbocycles. The Kier molecular flexibility index (Phi) is 5.90. The molecule has 1 saturated heterocycles. The quantitative estimate of drug-likeness (QED) is 0.479. The summed E-state index contributed by atoms with van der Waals surface area (Å²) in [6.07, 6.45) is 1.12. The molecule has 3 aromatic rings. The Balaban J connectivity index is 1.11. The minimum Gasteiger partial charge on any atom is -0.454 e. The number of H-pyrrole nitrogens is 1. The molecule has 3 heterocycles. The average molecular weight is 422 g/mol. The largest absolute Gasteiger partial charge is 0.454 e. The topological polar surface area (TPSA) is 83.7 Å². The molecule has 0 bridgehead atoms. The number of ether oxygens (including phenoxy) is 3. The van der Waals surface area contributed by atoms with E-state index in [1.165, 1.54) is 0 Å². The fourth-order valence-corrected chi connectivity index (χ4v) is 3.78. The maximum absolute atomic E-state index is 5.45. The fraction of sp³-hybridized carbons (Fsp3) is 0.348. The van der Waals surface area contributed by atoms with Crippen molar-refractivity contribution in [2.24, 2.45) is 0 Å². The van der Waals surface area contributed by atoms with E-state index in [1.54, 1.807) is 0 Å². The van der Waals surface area contributed by atoms with Gasteiger partial charge in [-0.3, -0.25) is 10.00 Å². The molecule has 31 heavy (non-hydrogen) atoms. The minimum atomic E-state index is 0.269. The number of rotatable bonds is 8. The van der Waals surface area contributed by atoms with Gasteiger partial charge in [-0.05, 0) is 55.4 Å². The van der Waals surface area contributed by atoms with E-state index < -0.39 is 0 Å². The summed E-state index contributed by atoms with van der Waals surface area (Å²) < 4.78 is 16.2. The third-order valence-corrected chi connectivity index (χ3v) is 5.49. The maximum Gasteiger partial charge on any atom is 0.231 e. The number of nitrogens with one attached hydrogen (secondary N) is 3. The first-order valence-electron chi connectivity index (χ1n) is 10.7. The zero-order valence-electron chi connectivity index (χ0n) is 17.4. The van der Waals surface area contributed by atoms with Gasteiger partial charge in [-0.15, -0.1) is 0 Å². The van der Waals surface area contributed by atoms with E-state index in [4.69, 9.17) is 14.2 Å². The Morgan fingerprint density at radius 2 is 1.74 bits per heavy atom. The second-order valence-corrected chi connectivity index (χ2v) is 7.67. The first-order valence-corrected chi connectivity index (χ1v) is 10.7. The minimum absolute atomic E-state index is 0.269. The third-order valence-electron chi connectivity index (χ3n) is 5.49. The van der Waals surface area contributed by atoms with Crippen LogP contribution in [0.1, 0.15) is 6.42 Å². The summed E-state index contributed by atoms with van der Waals surface area (Å²) in [4.78, 5) is 2.46. The molecule has 2 aliphatic heterocycles. The van der Waals surface area contributed by atoms with E-state index in [1.807, 2.05) is 24.3 Å². The maximum atomic E-state index is 5.45. The number of benzene rings is 2. The monoisotopic (exact) mass is 421 g/mol. The van der Waals surface area contributed by atoms with E-state index in [2.05, 4.69) is 50.0 Å². The van der Waals surface area contributed by atoms with Crippen molar-refractivity contribution in [3.63, 3.8) is 0 Å². The number of anilines is 3. The van der Waals surface area contributed by atoms with Crippen LogP contribution in [0.3, 0.4) is 0 Å². The van der Waals surface area contributed by atoms with Gasteiger partial charge < -0.3 is 24.8 Å². The van der Waals surface area contributed by atoms with Crippen molar-refractivity contribution in [3.05, 3.63) is 48.5 Å². The van der Waals surface area contributed by atoms with Crippen molar-refractivity contribution < 1.29 is 14.2 Å². The zero-order chi connectivity index (χ0) is 20.9. The molecule has 8 heteroatoms. The molecule has 0 unspecified atom stereocenters. The van der Waals surface area contributed by atoms with Crippen molar-refractivity contribution in [2.45, 2.75) is 6.42 Å². The van der Waals surface area contributed by atoms with E-state index in [0.29, 0.717) is 0 Å². The highest BCUT2D eigenvalue weighted by atomic mass is 16.7. The van der Waals surface area contributed by atoms with Crippen LogP contribution in [-0.4, -0.2) is 61.3 Å². The van der Waals surface area contributed by atoms with Gasteiger partial charge in [-0.25, -0.2) is 0 Å². The number of hydrogen-bond donors (Lipinski definition) is 3. The number of aromatic amines is 1. The molecule has 0 amide bonds. The number of morpholine rings is 1. The highest BCUT2D eigenvalue weighted by molar-refractivity contribution is 5.69. The molecule has 162 valence electrons. The summed E-state index contributed by atoms with van der Waals surface area (Å²) >= 11 is 0. The molecule has 8 nitrogen and oxygen atoms in total. The highest BCUT2D eigenvalue weighted by Gasteiger charge is 2.15. The van der Waals surface area contributed by atoms with Gasteiger partial charge in [0.05, 0.1) is 18.9 Å². The lowest BCUT2D eigenvalue weighted by Gasteiger charge is -2.26. The van der Waals surface area contributed by atoms with Crippen molar-refractivity contribution in [1.29, 1.82) is 0 Å². The summed E-state index contributed by atoms with van der Waals surface area (Å²) in [6.45, 7) is 6.15. The van der Waals surface area contributed by atoms with Crippen LogP contribution in [0.2, 0.25) is 0 Å². The summed E-state index contributed by atoms with van der Waals surface area (Å²) in [5, 5.41) is 14.3. The van der Waals surface area contributed by atoms with Gasteiger partial charge in [-0.2, -0.15) is 5.10 Å². The predicted molar refractivity (Wildman–Crippen MR) is 120 cm³/mol.